The van der Waals surface area contributed by atoms with Crippen LogP contribution in [-0.4, -0.2) is 54.5 Å². The van der Waals surface area contributed by atoms with Crippen molar-refractivity contribution in [1.29, 1.82) is 0 Å². The van der Waals surface area contributed by atoms with E-state index in [1.807, 2.05) is 38.3 Å². The molecule has 1 N–H and O–H groups in total. The molecule has 1 saturated heterocycles. The van der Waals surface area contributed by atoms with Crippen LogP contribution >= 0.6 is 11.3 Å². The van der Waals surface area contributed by atoms with Gasteiger partial charge in [0.2, 0.25) is 5.91 Å². The minimum atomic E-state index is -0.244. The minimum absolute atomic E-state index is 0.0111. The Morgan fingerprint density at radius 3 is 2.86 bits per heavy atom. The fourth-order valence-corrected chi connectivity index (χ4v) is 3.16. The van der Waals surface area contributed by atoms with Crippen molar-refractivity contribution in [3.8, 4) is 0 Å². The number of morpholine rings is 1. The summed E-state index contributed by atoms with van der Waals surface area (Å²) in [6.45, 7) is 7.97. The summed E-state index contributed by atoms with van der Waals surface area (Å²) < 4.78 is 5.49. The average Bonchev–Trinajstić information content (AvgIpc) is 2.92. The van der Waals surface area contributed by atoms with E-state index in [1.54, 1.807) is 0 Å². The monoisotopic (exact) mass is 324 g/mol. The molecule has 1 aliphatic rings. The highest BCUT2D eigenvalue weighted by molar-refractivity contribution is 7.12. The fraction of sp³-hybridized carbons (Fsp3) is 0.625. The fourth-order valence-electron chi connectivity index (χ4n) is 2.48. The number of thiophene rings is 1. The highest BCUT2D eigenvalue weighted by atomic mass is 32.1. The van der Waals surface area contributed by atoms with E-state index in [-0.39, 0.29) is 23.3 Å². The predicted octanol–water partition coefficient (Wildman–Crippen LogP) is 1.94. The van der Waals surface area contributed by atoms with Crippen molar-refractivity contribution in [3.05, 3.63) is 22.4 Å². The first-order valence-corrected chi connectivity index (χ1v) is 8.42. The molecular formula is C16H24N2O3S. The van der Waals surface area contributed by atoms with Gasteiger partial charge in [0.25, 0.3) is 0 Å². The lowest BCUT2D eigenvalue weighted by Crippen LogP contribution is -2.52. The number of amides is 1. The first kappa shape index (κ1) is 17.1. The van der Waals surface area contributed by atoms with Crippen molar-refractivity contribution in [3.63, 3.8) is 0 Å². The van der Waals surface area contributed by atoms with Crippen molar-refractivity contribution in [2.75, 3.05) is 26.3 Å². The van der Waals surface area contributed by atoms with Crippen molar-refractivity contribution in [2.45, 2.75) is 38.8 Å². The van der Waals surface area contributed by atoms with Crippen LogP contribution in [0.15, 0.2) is 17.5 Å². The summed E-state index contributed by atoms with van der Waals surface area (Å²) in [7, 11) is 0. The Morgan fingerprint density at radius 1 is 1.45 bits per heavy atom. The summed E-state index contributed by atoms with van der Waals surface area (Å²) in [5, 5.41) is 4.87. The average molecular weight is 324 g/mol. The molecular weight excluding hydrogens is 300 g/mol. The van der Waals surface area contributed by atoms with Crippen LogP contribution in [0.25, 0.3) is 0 Å². The highest BCUT2D eigenvalue weighted by Crippen LogP contribution is 2.17. The maximum Gasteiger partial charge on any atom is 0.234 e. The van der Waals surface area contributed by atoms with Gasteiger partial charge in [-0.2, -0.15) is 0 Å². The number of carbonyl (C=O) groups excluding carboxylic acids is 2. The molecule has 1 aromatic heterocycles. The van der Waals surface area contributed by atoms with Gasteiger partial charge in [0.05, 0.1) is 24.6 Å². The molecule has 0 saturated carbocycles. The van der Waals surface area contributed by atoms with Gasteiger partial charge in [0.1, 0.15) is 0 Å². The van der Waals surface area contributed by atoms with Crippen LogP contribution in [-0.2, 0) is 9.53 Å². The number of rotatable bonds is 5. The summed E-state index contributed by atoms with van der Waals surface area (Å²) in [6, 6.07) is 3.69. The molecule has 0 spiro atoms. The molecule has 1 aliphatic heterocycles. The number of carbonyl (C=O) groups is 2. The molecule has 1 unspecified atom stereocenters. The third-order valence-corrected chi connectivity index (χ3v) is 4.34. The Balaban J connectivity index is 1.93. The molecule has 1 amide bonds. The molecule has 5 nitrogen and oxygen atoms in total. The van der Waals surface area contributed by atoms with Crippen LogP contribution < -0.4 is 5.32 Å². The standard InChI is InChI=1S/C16H24N2O3S/c1-16(2,3)17-15(20)10-18-6-7-21-11-12(18)9-13(19)14-5-4-8-22-14/h4-5,8,12H,6-7,9-11H2,1-3H3,(H,17,20). The quantitative estimate of drug-likeness (QED) is 0.841. The zero-order valence-corrected chi connectivity index (χ0v) is 14.2. The molecule has 1 atom stereocenters. The number of hydrogen-bond acceptors (Lipinski definition) is 5. The van der Waals surface area contributed by atoms with Crippen molar-refractivity contribution in [2.24, 2.45) is 0 Å². The molecule has 6 heteroatoms. The predicted molar refractivity (Wildman–Crippen MR) is 87.3 cm³/mol. The van der Waals surface area contributed by atoms with Crippen molar-refractivity contribution in [1.82, 2.24) is 10.2 Å². The topological polar surface area (TPSA) is 58.6 Å². The van der Waals surface area contributed by atoms with Crippen LogP contribution in [0.5, 0.6) is 0 Å². The Labute approximate surface area is 135 Å². The Bertz CT molecular complexity index is 508. The molecule has 0 radical (unpaired) electrons. The van der Waals surface area contributed by atoms with E-state index < -0.39 is 0 Å². The molecule has 0 bridgehead atoms. The first-order chi connectivity index (χ1) is 10.3. The second-order valence-corrected chi connectivity index (χ2v) is 7.55. The molecule has 0 aliphatic carbocycles. The van der Waals surface area contributed by atoms with Gasteiger partial charge in [-0.25, -0.2) is 0 Å². The van der Waals surface area contributed by atoms with Crippen molar-refractivity contribution < 1.29 is 14.3 Å². The van der Waals surface area contributed by atoms with E-state index in [2.05, 4.69) is 10.2 Å². The van der Waals surface area contributed by atoms with Gasteiger partial charge < -0.3 is 10.1 Å². The zero-order valence-electron chi connectivity index (χ0n) is 13.4. The second kappa shape index (κ2) is 7.35. The Hall–Kier alpha value is -1.24. The molecule has 1 aromatic rings. The number of ether oxygens (including phenoxy) is 1. The maximum atomic E-state index is 12.3. The van der Waals surface area contributed by atoms with E-state index in [0.29, 0.717) is 32.7 Å². The second-order valence-electron chi connectivity index (χ2n) is 6.60. The summed E-state index contributed by atoms with van der Waals surface area (Å²) in [5.74, 6) is 0.106. The molecule has 2 heterocycles. The summed E-state index contributed by atoms with van der Waals surface area (Å²) in [4.78, 5) is 27.2. The van der Waals surface area contributed by atoms with Crippen LogP contribution in [0.4, 0.5) is 0 Å². The third kappa shape index (κ3) is 5.19. The van der Waals surface area contributed by atoms with Gasteiger partial charge in [-0.3, -0.25) is 14.5 Å². The summed E-state index contributed by atoms with van der Waals surface area (Å²) in [5.41, 5.74) is -0.244. The SMILES string of the molecule is CC(C)(C)NC(=O)CN1CCOCC1CC(=O)c1cccs1. The largest absolute Gasteiger partial charge is 0.378 e. The highest BCUT2D eigenvalue weighted by Gasteiger charge is 2.28. The lowest BCUT2D eigenvalue weighted by molar-refractivity contribution is -0.126. The van der Waals surface area contributed by atoms with Crippen LogP contribution in [0.3, 0.4) is 0 Å². The number of hydrogen-bond donors (Lipinski definition) is 1. The summed E-state index contributed by atoms with van der Waals surface area (Å²) in [6.07, 6.45) is 0.392. The van der Waals surface area contributed by atoms with Gasteiger partial charge in [0.15, 0.2) is 5.78 Å². The molecule has 1 fully saturated rings. The lowest BCUT2D eigenvalue weighted by Gasteiger charge is -2.35. The normalized spacial score (nSPS) is 19.9. The first-order valence-electron chi connectivity index (χ1n) is 7.55. The van der Waals surface area contributed by atoms with Crippen molar-refractivity contribution >= 4 is 23.0 Å². The molecule has 0 aromatic carbocycles. The number of Topliss-reactive ketones (excluding diaryl/α,β-unsaturated/α-hetero) is 1. The van der Waals surface area contributed by atoms with E-state index in [1.165, 1.54) is 11.3 Å². The van der Waals surface area contributed by atoms with Gasteiger partial charge >= 0.3 is 0 Å². The lowest BCUT2D eigenvalue weighted by atomic mass is 10.1. The smallest absolute Gasteiger partial charge is 0.234 e. The number of nitrogens with zero attached hydrogens (tertiary/aromatic N) is 1. The zero-order chi connectivity index (χ0) is 16.2. The van der Waals surface area contributed by atoms with E-state index in [9.17, 15) is 9.59 Å². The minimum Gasteiger partial charge on any atom is -0.378 e. The van der Waals surface area contributed by atoms with Gasteiger partial charge in [0, 0.05) is 24.5 Å². The Kier molecular flexibility index (Phi) is 5.72. The summed E-state index contributed by atoms with van der Waals surface area (Å²) >= 11 is 1.45. The van der Waals surface area contributed by atoms with Crippen LogP contribution in [0, 0.1) is 0 Å². The molecule has 2 rings (SSSR count). The number of nitrogens with one attached hydrogen (secondary N) is 1. The molecule has 122 valence electrons. The third-order valence-electron chi connectivity index (χ3n) is 3.43. The van der Waals surface area contributed by atoms with Gasteiger partial charge in [-0.05, 0) is 32.2 Å². The van der Waals surface area contributed by atoms with Crippen LogP contribution in [0.1, 0.15) is 36.9 Å². The van der Waals surface area contributed by atoms with Gasteiger partial charge in [-0.15, -0.1) is 11.3 Å². The maximum absolute atomic E-state index is 12.3. The van der Waals surface area contributed by atoms with E-state index in [4.69, 9.17) is 4.74 Å². The van der Waals surface area contributed by atoms with E-state index in [0.717, 1.165) is 4.88 Å². The number of ketones is 1. The van der Waals surface area contributed by atoms with E-state index >= 15 is 0 Å². The van der Waals surface area contributed by atoms with Crippen LogP contribution in [0.2, 0.25) is 0 Å². The Morgan fingerprint density at radius 2 is 2.23 bits per heavy atom. The molecule has 22 heavy (non-hydrogen) atoms. The van der Waals surface area contributed by atoms with Gasteiger partial charge in [-0.1, -0.05) is 6.07 Å².